The second kappa shape index (κ2) is 8.49. The van der Waals surface area contributed by atoms with E-state index in [1.54, 1.807) is 0 Å². The van der Waals surface area contributed by atoms with Gasteiger partial charge in [-0.15, -0.1) is 0 Å². The average molecular weight is 278 g/mol. The molecular weight excluding hydrogens is 244 g/mol. The van der Waals surface area contributed by atoms with Crippen molar-refractivity contribution in [2.75, 3.05) is 0 Å². The fraction of sp³-hybridized carbons (Fsp3) is 0.833. The number of aryl methyl sites for hydroxylation is 1. The van der Waals surface area contributed by atoms with Crippen molar-refractivity contribution < 1.29 is 0 Å². The van der Waals surface area contributed by atoms with E-state index in [4.69, 9.17) is 0 Å². The van der Waals surface area contributed by atoms with Crippen LogP contribution in [0.1, 0.15) is 90.3 Å². The van der Waals surface area contributed by atoms with Crippen molar-refractivity contribution in [2.24, 2.45) is 0 Å². The molecule has 0 aliphatic carbocycles. The molecule has 0 radical (unpaired) electrons. The Morgan fingerprint density at radius 1 is 1.00 bits per heavy atom. The van der Waals surface area contributed by atoms with E-state index >= 15 is 0 Å². The molecule has 20 heavy (non-hydrogen) atoms. The van der Waals surface area contributed by atoms with Crippen LogP contribution in [0.5, 0.6) is 0 Å². The van der Waals surface area contributed by atoms with E-state index in [9.17, 15) is 0 Å². The van der Waals surface area contributed by atoms with Gasteiger partial charge in [0, 0.05) is 12.2 Å². The molecule has 0 aliphatic rings. The molecule has 0 aliphatic heterocycles. The number of nitrogens with zero attached hydrogens (tertiary/aromatic N) is 2. The Morgan fingerprint density at radius 2 is 1.65 bits per heavy atom. The van der Waals surface area contributed by atoms with Crippen molar-refractivity contribution in [3.8, 4) is 0 Å². The minimum Gasteiger partial charge on any atom is -0.270 e. The second-order valence-electron chi connectivity index (χ2n) is 6.43. The lowest BCUT2D eigenvalue weighted by Crippen LogP contribution is -2.23. The van der Waals surface area contributed by atoms with E-state index in [2.05, 4.69) is 50.6 Å². The predicted molar refractivity (Wildman–Crippen MR) is 88.3 cm³/mol. The molecule has 1 rings (SSSR count). The van der Waals surface area contributed by atoms with Crippen LogP contribution in [0, 0.1) is 6.92 Å². The maximum absolute atomic E-state index is 4.57. The molecule has 1 heterocycles. The zero-order valence-electron chi connectivity index (χ0n) is 14.3. The molecule has 0 amide bonds. The molecule has 0 saturated heterocycles. The highest BCUT2D eigenvalue weighted by atomic mass is 15.3. The SMILES string of the molecule is CCCCCCC(C)(CCCC)c1cnn(CC)c1C. The first-order valence-corrected chi connectivity index (χ1v) is 8.62. The quantitative estimate of drug-likeness (QED) is 0.507. The van der Waals surface area contributed by atoms with Gasteiger partial charge in [0.2, 0.25) is 0 Å². The Balaban J connectivity index is 2.82. The largest absolute Gasteiger partial charge is 0.270 e. The molecule has 0 bridgehead atoms. The lowest BCUT2D eigenvalue weighted by molar-refractivity contribution is 0.367. The van der Waals surface area contributed by atoms with Gasteiger partial charge in [-0.2, -0.15) is 5.10 Å². The van der Waals surface area contributed by atoms with Gasteiger partial charge in [0.05, 0.1) is 6.20 Å². The minimum atomic E-state index is 0.321. The fourth-order valence-corrected chi connectivity index (χ4v) is 3.26. The molecule has 1 atom stereocenters. The summed E-state index contributed by atoms with van der Waals surface area (Å²) in [5.74, 6) is 0. The van der Waals surface area contributed by atoms with Crippen molar-refractivity contribution in [1.29, 1.82) is 0 Å². The Labute approximate surface area is 126 Å². The highest BCUT2D eigenvalue weighted by Gasteiger charge is 2.29. The maximum atomic E-state index is 4.57. The van der Waals surface area contributed by atoms with E-state index in [0.717, 1.165) is 6.54 Å². The predicted octanol–water partition coefficient (Wildman–Crippen LogP) is 5.63. The zero-order valence-corrected chi connectivity index (χ0v) is 14.3. The number of hydrogen-bond acceptors (Lipinski definition) is 1. The summed E-state index contributed by atoms with van der Waals surface area (Å²) in [6, 6.07) is 0. The summed E-state index contributed by atoms with van der Waals surface area (Å²) in [5, 5.41) is 4.57. The smallest absolute Gasteiger partial charge is 0.0530 e. The highest BCUT2D eigenvalue weighted by Crippen LogP contribution is 2.36. The normalized spacial score (nSPS) is 14.4. The van der Waals surface area contributed by atoms with Crippen LogP contribution in [-0.2, 0) is 12.0 Å². The Kier molecular flexibility index (Phi) is 7.32. The summed E-state index contributed by atoms with van der Waals surface area (Å²) >= 11 is 0. The number of aromatic nitrogens is 2. The molecular formula is C18H34N2. The lowest BCUT2D eigenvalue weighted by Gasteiger charge is -2.30. The Bertz CT molecular complexity index is 381. The molecule has 2 heteroatoms. The molecule has 0 spiro atoms. The van der Waals surface area contributed by atoms with Crippen molar-refractivity contribution in [1.82, 2.24) is 9.78 Å². The average Bonchev–Trinajstić information content (AvgIpc) is 2.83. The van der Waals surface area contributed by atoms with Gasteiger partial charge in [0.15, 0.2) is 0 Å². The highest BCUT2D eigenvalue weighted by molar-refractivity contribution is 5.26. The third-order valence-electron chi connectivity index (χ3n) is 4.72. The number of hydrogen-bond donors (Lipinski definition) is 0. The van der Waals surface area contributed by atoms with Gasteiger partial charge in [-0.25, -0.2) is 0 Å². The van der Waals surface area contributed by atoms with Crippen molar-refractivity contribution >= 4 is 0 Å². The topological polar surface area (TPSA) is 17.8 Å². The van der Waals surface area contributed by atoms with E-state index in [0.29, 0.717) is 5.41 Å². The van der Waals surface area contributed by atoms with Gasteiger partial charge in [-0.05, 0) is 37.7 Å². The van der Waals surface area contributed by atoms with Crippen LogP contribution in [0.4, 0.5) is 0 Å². The summed E-state index contributed by atoms with van der Waals surface area (Å²) in [6.07, 6.45) is 12.8. The third kappa shape index (κ3) is 4.36. The molecule has 0 fully saturated rings. The van der Waals surface area contributed by atoms with Crippen LogP contribution in [0.2, 0.25) is 0 Å². The molecule has 0 N–H and O–H groups in total. The summed E-state index contributed by atoms with van der Waals surface area (Å²) in [6.45, 7) is 12.4. The summed E-state index contributed by atoms with van der Waals surface area (Å²) < 4.78 is 2.14. The third-order valence-corrected chi connectivity index (χ3v) is 4.72. The van der Waals surface area contributed by atoms with Gasteiger partial charge in [0.1, 0.15) is 0 Å². The standard InChI is InChI=1S/C18H34N2/c1-6-9-11-12-14-18(5,13-10-7-2)17-15-19-20(8-3)16(17)4/h15H,6-14H2,1-5H3. The van der Waals surface area contributed by atoms with Gasteiger partial charge in [-0.1, -0.05) is 59.3 Å². The van der Waals surface area contributed by atoms with Crippen LogP contribution in [-0.4, -0.2) is 9.78 Å². The van der Waals surface area contributed by atoms with E-state index in [1.165, 1.54) is 62.6 Å². The number of unbranched alkanes of at least 4 members (excludes halogenated alkanes) is 4. The monoisotopic (exact) mass is 278 g/mol. The lowest BCUT2D eigenvalue weighted by atomic mass is 9.74. The van der Waals surface area contributed by atoms with Crippen LogP contribution in [0.25, 0.3) is 0 Å². The first kappa shape index (κ1) is 17.3. The van der Waals surface area contributed by atoms with Crippen LogP contribution >= 0.6 is 0 Å². The first-order valence-electron chi connectivity index (χ1n) is 8.62. The van der Waals surface area contributed by atoms with Gasteiger partial charge in [0.25, 0.3) is 0 Å². The van der Waals surface area contributed by atoms with E-state index < -0.39 is 0 Å². The molecule has 0 aromatic carbocycles. The van der Waals surface area contributed by atoms with Gasteiger partial charge < -0.3 is 0 Å². The molecule has 0 saturated carbocycles. The second-order valence-corrected chi connectivity index (χ2v) is 6.43. The van der Waals surface area contributed by atoms with Gasteiger partial charge >= 0.3 is 0 Å². The molecule has 116 valence electrons. The van der Waals surface area contributed by atoms with Crippen molar-refractivity contribution in [2.45, 2.75) is 97.9 Å². The van der Waals surface area contributed by atoms with E-state index in [1.807, 2.05) is 0 Å². The maximum Gasteiger partial charge on any atom is 0.0530 e. The van der Waals surface area contributed by atoms with Crippen molar-refractivity contribution in [3.05, 3.63) is 17.5 Å². The van der Waals surface area contributed by atoms with E-state index in [-0.39, 0.29) is 0 Å². The van der Waals surface area contributed by atoms with Crippen molar-refractivity contribution in [3.63, 3.8) is 0 Å². The minimum absolute atomic E-state index is 0.321. The van der Waals surface area contributed by atoms with Crippen LogP contribution < -0.4 is 0 Å². The van der Waals surface area contributed by atoms with Crippen LogP contribution in [0.15, 0.2) is 6.20 Å². The fourth-order valence-electron chi connectivity index (χ4n) is 3.26. The molecule has 2 nitrogen and oxygen atoms in total. The summed E-state index contributed by atoms with van der Waals surface area (Å²) in [4.78, 5) is 0. The van der Waals surface area contributed by atoms with Gasteiger partial charge in [-0.3, -0.25) is 4.68 Å². The molecule has 1 unspecified atom stereocenters. The summed E-state index contributed by atoms with van der Waals surface area (Å²) in [7, 11) is 0. The molecule has 1 aromatic rings. The Morgan fingerprint density at radius 3 is 2.20 bits per heavy atom. The van der Waals surface area contributed by atoms with Crippen LogP contribution in [0.3, 0.4) is 0 Å². The first-order chi connectivity index (χ1) is 9.59. The zero-order chi connectivity index (χ0) is 15.0. The Hall–Kier alpha value is -0.790. The number of rotatable bonds is 10. The molecule has 1 aromatic heterocycles. The summed E-state index contributed by atoms with van der Waals surface area (Å²) in [5.41, 5.74) is 3.19.